The minimum absolute atomic E-state index is 0.0635. The van der Waals surface area contributed by atoms with E-state index >= 15 is 0 Å². The Balaban J connectivity index is 4.72. The monoisotopic (exact) mass is 298 g/mol. The predicted octanol–water partition coefficient (Wildman–Crippen LogP) is 6.11. The Morgan fingerprint density at radius 3 is 1.90 bits per heavy atom. The van der Waals surface area contributed by atoms with E-state index < -0.39 is 5.79 Å². The van der Waals surface area contributed by atoms with Crippen LogP contribution in [0.5, 0.6) is 0 Å². The molecule has 0 amide bonds. The standard InChI is InChI=1S/C19H38O2/c1-7-10-12-13-14-15-17-18(4,16-11-8-2)19(9-3,20-5)21-6/h11,16H,7-10,12-15,17H2,1-6H3. The van der Waals surface area contributed by atoms with E-state index in [2.05, 4.69) is 39.8 Å². The molecule has 2 nitrogen and oxygen atoms in total. The zero-order valence-corrected chi connectivity index (χ0v) is 15.3. The van der Waals surface area contributed by atoms with Crippen LogP contribution in [-0.2, 0) is 9.47 Å². The van der Waals surface area contributed by atoms with E-state index in [9.17, 15) is 0 Å². The molecule has 2 heteroatoms. The largest absolute Gasteiger partial charge is 0.352 e. The molecule has 0 fully saturated rings. The van der Waals surface area contributed by atoms with E-state index in [1.54, 1.807) is 14.2 Å². The highest BCUT2D eigenvalue weighted by Gasteiger charge is 2.45. The molecule has 0 saturated heterocycles. The predicted molar refractivity (Wildman–Crippen MR) is 92.6 cm³/mol. The summed E-state index contributed by atoms with van der Waals surface area (Å²) in [5.41, 5.74) is -0.0635. The highest BCUT2D eigenvalue weighted by molar-refractivity contribution is 5.05. The average molecular weight is 299 g/mol. The van der Waals surface area contributed by atoms with Gasteiger partial charge in [-0.3, -0.25) is 0 Å². The minimum Gasteiger partial charge on any atom is -0.352 e. The minimum atomic E-state index is -0.512. The lowest BCUT2D eigenvalue weighted by molar-refractivity contribution is -0.262. The normalized spacial score (nSPS) is 15.5. The first-order valence-corrected chi connectivity index (χ1v) is 8.83. The smallest absolute Gasteiger partial charge is 0.176 e. The van der Waals surface area contributed by atoms with Crippen molar-refractivity contribution in [3.63, 3.8) is 0 Å². The molecule has 0 heterocycles. The van der Waals surface area contributed by atoms with Gasteiger partial charge in [-0.2, -0.15) is 0 Å². The quantitative estimate of drug-likeness (QED) is 0.232. The summed E-state index contributed by atoms with van der Waals surface area (Å²) in [4.78, 5) is 0. The first-order valence-electron chi connectivity index (χ1n) is 8.83. The van der Waals surface area contributed by atoms with Crippen LogP contribution in [0.2, 0.25) is 0 Å². The molecule has 0 aliphatic rings. The highest BCUT2D eigenvalue weighted by Crippen LogP contribution is 2.43. The maximum absolute atomic E-state index is 5.82. The van der Waals surface area contributed by atoms with Gasteiger partial charge in [-0.25, -0.2) is 0 Å². The van der Waals surface area contributed by atoms with Gasteiger partial charge < -0.3 is 9.47 Å². The Kier molecular flexibility index (Phi) is 11.1. The van der Waals surface area contributed by atoms with Crippen molar-refractivity contribution in [3.05, 3.63) is 12.2 Å². The van der Waals surface area contributed by atoms with E-state index in [-0.39, 0.29) is 5.41 Å². The van der Waals surface area contributed by atoms with Crippen LogP contribution in [0.4, 0.5) is 0 Å². The molecule has 0 bridgehead atoms. The van der Waals surface area contributed by atoms with Gasteiger partial charge in [0.25, 0.3) is 0 Å². The van der Waals surface area contributed by atoms with Gasteiger partial charge in [0.1, 0.15) is 0 Å². The van der Waals surface area contributed by atoms with Crippen LogP contribution in [0.15, 0.2) is 12.2 Å². The molecule has 0 radical (unpaired) electrons. The van der Waals surface area contributed by atoms with Crippen LogP contribution in [0.25, 0.3) is 0 Å². The lowest BCUT2D eigenvalue weighted by Gasteiger charge is -2.44. The van der Waals surface area contributed by atoms with Crippen molar-refractivity contribution in [3.8, 4) is 0 Å². The molecule has 0 saturated carbocycles. The van der Waals surface area contributed by atoms with E-state index in [1.165, 1.54) is 38.5 Å². The molecule has 126 valence electrons. The van der Waals surface area contributed by atoms with Gasteiger partial charge in [-0.05, 0) is 19.3 Å². The molecule has 0 rings (SSSR count). The molecule has 1 unspecified atom stereocenters. The first kappa shape index (κ1) is 20.7. The summed E-state index contributed by atoms with van der Waals surface area (Å²) < 4.78 is 11.6. The highest BCUT2D eigenvalue weighted by atomic mass is 16.7. The van der Waals surface area contributed by atoms with E-state index in [4.69, 9.17) is 9.47 Å². The van der Waals surface area contributed by atoms with E-state index in [0.29, 0.717) is 0 Å². The van der Waals surface area contributed by atoms with Crippen LogP contribution in [0.1, 0.15) is 85.5 Å². The molecule has 0 aromatic heterocycles. The fraction of sp³-hybridized carbons (Fsp3) is 0.895. The Labute approximate surface area is 133 Å². The maximum Gasteiger partial charge on any atom is 0.176 e. The SMILES string of the molecule is CCC=CC(C)(CCCCCCCC)C(CC)(OC)OC. The van der Waals surface area contributed by atoms with Crippen LogP contribution < -0.4 is 0 Å². The lowest BCUT2D eigenvalue weighted by atomic mass is 9.74. The summed E-state index contributed by atoms with van der Waals surface area (Å²) in [5.74, 6) is -0.512. The van der Waals surface area contributed by atoms with Crippen LogP contribution >= 0.6 is 0 Å². The van der Waals surface area contributed by atoms with E-state index in [1.807, 2.05) is 0 Å². The first-order chi connectivity index (χ1) is 10.1. The van der Waals surface area contributed by atoms with Gasteiger partial charge in [0, 0.05) is 19.6 Å². The van der Waals surface area contributed by atoms with Crippen LogP contribution in [-0.4, -0.2) is 20.0 Å². The average Bonchev–Trinajstić information content (AvgIpc) is 2.51. The van der Waals surface area contributed by atoms with Crippen molar-refractivity contribution in [2.75, 3.05) is 14.2 Å². The third-order valence-corrected chi connectivity index (χ3v) is 4.77. The molecule has 21 heavy (non-hydrogen) atoms. The van der Waals surface area contributed by atoms with Crippen molar-refractivity contribution in [2.24, 2.45) is 5.41 Å². The van der Waals surface area contributed by atoms with Gasteiger partial charge in [-0.1, -0.05) is 78.4 Å². The third-order valence-electron chi connectivity index (χ3n) is 4.77. The lowest BCUT2D eigenvalue weighted by Crippen LogP contribution is -2.48. The molecule has 0 aromatic rings. The number of allylic oxidation sites excluding steroid dienone is 1. The summed E-state index contributed by atoms with van der Waals surface area (Å²) in [5, 5.41) is 0. The molecule has 0 aliphatic carbocycles. The summed E-state index contributed by atoms with van der Waals surface area (Å²) in [6, 6.07) is 0. The number of hydrogen-bond donors (Lipinski definition) is 0. The Morgan fingerprint density at radius 2 is 1.43 bits per heavy atom. The second-order valence-corrected chi connectivity index (χ2v) is 6.26. The van der Waals surface area contributed by atoms with Crippen molar-refractivity contribution < 1.29 is 9.47 Å². The van der Waals surface area contributed by atoms with Gasteiger partial charge in [0.05, 0.1) is 0 Å². The Morgan fingerprint density at radius 1 is 0.857 bits per heavy atom. The van der Waals surface area contributed by atoms with Gasteiger partial charge in [-0.15, -0.1) is 0 Å². The Bertz CT molecular complexity index is 260. The summed E-state index contributed by atoms with van der Waals surface area (Å²) >= 11 is 0. The summed E-state index contributed by atoms with van der Waals surface area (Å²) in [6.07, 6.45) is 15.5. The molecular formula is C19H38O2. The summed E-state index contributed by atoms with van der Waals surface area (Å²) in [7, 11) is 3.54. The topological polar surface area (TPSA) is 18.5 Å². The molecule has 0 spiro atoms. The van der Waals surface area contributed by atoms with Crippen LogP contribution in [0.3, 0.4) is 0 Å². The number of rotatable bonds is 13. The maximum atomic E-state index is 5.82. The fourth-order valence-corrected chi connectivity index (χ4v) is 3.29. The molecule has 0 aromatic carbocycles. The zero-order chi connectivity index (χ0) is 16.2. The molecule has 0 N–H and O–H groups in total. The van der Waals surface area contributed by atoms with E-state index in [0.717, 1.165) is 19.3 Å². The fourth-order valence-electron chi connectivity index (χ4n) is 3.29. The summed E-state index contributed by atoms with van der Waals surface area (Å²) in [6.45, 7) is 8.86. The molecule has 0 aliphatic heterocycles. The van der Waals surface area contributed by atoms with Crippen molar-refractivity contribution in [2.45, 2.75) is 91.3 Å². The van der Waals surface area contributed by atoms with Gasteiger partial charge >= 0.3 is 0 Å². The third kappa shape index (κ3) is 6.12. The molecule has 1 atom stereocenters. The number of ether oxygens (including phenoxy) is 2. The van der Waals surface area contributed by atoms with Crippen LogP contribution in [0, 0.1) is 5.41 Å². The van der Waals surface area contributed by atoms with Crippen molar-refractivity contribution in [1.29, 1.82) is 0 Å². The number of hydrogen-bond acceptors (Lipinski definition) is 2. The second kappa shape index (κ2) is 11.3. The van der Waals surface area contributed by atoms with Crippen molar-refractivity contribution in [1.82, 2.24) is 0 Å². The van der Waals surface area contributed by atoms with Gasteiger partial charge in [0.2, 0.25) is 0 Å². The van der Waals surface area contributed by atoms with Gasteiger partial charge in [0.15, 0.2) is 5.79 Å². The number of unbranched alkanes of at least 4 members (excludes halogenated alkanes) is 5. The zero-order valence-electron chi connectivity index (χ0n) is 15.3. The van der Waals surface area contributed by atoms with Crippen molar-refractivity contribution >= 4 is 0 Å². The second-order valence-electron chi connectivity index (χ2n) is 6.26. The molecular weight excluding hydrogens is 260 g/mol. The number of methoxy groups -OCH3 is 2. The Hall–Kier alpha value is -0.340.